The van der Waals surface area contributed by atoms with E-state index >= 15 is 0 Å². The SMILES string of the molecule is CC1CS(=O)(=O)CCN1CCNCc1cc(Br)cs1. The summed E-state index contributed by atoms with van der Waals surface area (Å²) in [7, 11) is -2.80. The van der Waals surface area contributed by atoms with E-state index in [2.05, 4.69) is 37.6 Å². The van der Waals surface area contributed by atoms with Crippen molar-refractivity contribution in [3.8, 4) is 0 Å². The lowest BCUT2D eigenvalue weighted by Crippen LogP contribution is -2.48. The van der Waals surface area contributed by atoms with Crippen LogP contribution in [0.1, 0.15) is 11.8 Å². The van der Waals surface area contributed by atoms with Crippen LogP contribution in [-0.4, -0.2) is 50.5 Å². The topological polar surface area (TPSA) is 49.4 Å². The quantitative estimate of drug-likeness (QED) is 0.806. The van der Waals surface area contributed by atoms with E-state index in [0.717, 1.165) is 24.1 Å². The standard InChI is InChI=1S/C12H19BrN2O2S2/c1-10-9-19(16,17)5-4-15(10)3-2-14-7-12-6-11(13)8-18-12/h6,8,10,14H,2-5,7,9H2,1H3. The molecule has 0 aliphatic carbocycles. The van der Waals surface area contributed by atoms with Gasteiger partial charge in [0.2, 0.25) is 0 Å². The van der Waals surface area contributed by atoms with Crippen molar-refractivity contribution in [3.63, 3.8) is 0 Å². The summed E-state index contributed by atoms with van der Waals surface area (Å²) in [5.74, 6) is 0.597. The first-order chi connectivity index (χ1) is 8.96. The molecular formula is C12H19BrN2O2S2. The van der Waals surface area contributed by atoms with Gasteiger partial charge in [0.05, 0.1) is 11.5 Å². The molecule has 1 aliphatic heterocycles. The Morgan fingerprint density at radius 2 is 2.37 bits per heavy atom. The first-order valence-electron chi connectivity index (χ1n) is 6.34. The molecule has 1 unspecified atom stereocenters. The van der Waals surface area contributed by atoms with E-state index in [9.17, 15) is 8.42 Å². The van der Waals surface area contributed by atoms with Gasteiger partial charge < -0.3 is 5.32 Å². The van der Waals surface area contributed by atoms with Crippen LogP contribution < -0.4 is 5.32 Å². The van der Waals surface area contributed by atoms with E-state index in [-0.39, 0.29) is 6.04 Å². The van der Waals surface area contributed by atoms with Crippen molar-refractivity contribution < 1.29 is 8.42 Å². The normalized spacial score (nSPS) is 23.6. The van der Waals surface area contributed by atoms with Crippen LogP contribution in [0.15, 0.2) is 15.9 Å². The van der Waals surface area contributed by atoms with Crippen molar-refractivity contribution in [1.82, 2.24) is 10.2 Å². The Morgan fingerprint density at radius 3 is 3.00 bits per heavy atom. The predicted molar refractivity (Wildman–Crippen MR) is 83.4 cm³/mol. The summed E-state index contributed by atoms with van der Waals surface area (Å²) in [6.07, 6.45) is 0. The molecule has 1 N–H and O–H groups in total. The molecule has 0 saturated carbocycles. The Balaban J connectivity index is 1.69. The molecule has 0 bridgehead atoms. The van der Waals surface area contributed by atoms with Crippen molar-refractivity contribution in [2.45, 2.75) is 19.5 Å². The molecule has 1 aliphatic rings. The molecule has 0 spiro atoms. The van der Waals surface area contributed by atoms with Crippen LogP contribution in [-0.2, 0) is 16.4 Å². The minimum atomic E-state index is -2.80. The summed E-state index contributed by atoms with van der Waals surface area (Å²) in [6, 6.07) is 2.25. The molecule has 0 amide bonds. The summed E-state index contributed by atoms with van der Waals surface area (Å²) < 4.78 is 24.1. The van der Waals surface area contributed by atoms with Crippen molar-refractivity contribution >= 4 is 37.1 Å². The largest absolute Gasteiger partial charge is 0.311 e. The van der Waals surface area contributed by atoms with Gasteiger partial charge in [0.25, 0.3) is 0 Å². The number of rotatable bonds is 5. The number of halogens is 1. The van der Waals surface area contributed by atoms with Gasteiger partial charge in [0.15, 0.2) is 9.84 Å². The number of hydrogen-bond donors (Lipinski definition) is 1. The van der Waals surface area contributed by atoms with Gasteiger partial charge in [0, 0.05) is 47.0 Å². The van der Waals surface area contributed by atoms with Gasteiger partial charge >= 0.3 is 0 Å². The highest BCUT2D eigenvalue weighted by Gasteiger charge is 2.27. The third-order valence-corrected chi connectivity index (χ3v) is 6.80. The van der Waals surface area contributed by atoms with Crippen LogP contribution in [0.3, 0.4) is 0 Å². The highest BCUT2D eigenvalue weighted by Crippen LogP contribution is 2.19. The van der Waals surface area contributed by atoms with E-state index in [1.54, 1.807) is 11.3 Å². The fourth-order valence-corrected chi connectivity index (χ4v) is 5.29. The van der Waals surface area contributed by atoms with Crippen LogP contribution in [0, 0.1) is 0 Å². The summed E-state index contributed by atoms with van der Waals surface area (Å²) >= 11 is 5.17. The molecule has 2 rings (SSSR count). The average molecular weight is 367 g/mol. The number of sulfone groups is 1. The second-order valence-electron chi connectivity index (χ2n) is 4.91. The highest BCUT2D eigenvalue weighted by molar-refractivity contribution is 9.10. The maximum absolute atomic E-state index is 11.5. The maximum atomic E-state index is 11.5. The summed E-state index contributed by atoms with van der Waals surface area (Å²) in [4.78, 5) is 3.56. The Kier molecular flexibility index (Phi) is 5.42. The molecule has 1 aromatic heterocycles. The summed E-state index contributed by atoms with van der Waals surface area (Å²) in [5.41, 5.74) is 0. The average Bonchev–Trinajstić information content (AvgIpc) is 2.72. The molecule has 1 fully saturated rings. The first-order valence-corrected chi connectivity index (χ1v) is 9.84. The summed E-state index contributed by atoms with van der Waals surface area (Å²) in [5, 5.41) is 5.48. The lowest BCUT2D eigenvalue weighted by molar-refractivity contribution is 0.227. The zero-order chi connectivity index (χ0) is 13.9. The molecular weight excluding hydrogens is 348 g/mol. The molecule has 2 heterocycles. The van der Waals surface area contributed by atoms with E-state index < -0.39 is 9.84 Å². The Labute approximate surface area is 127 Å². The van der Waals surface area contributed by atoms with Crippen LogP contribution in [0.5, 0.6) is 0 Å². The fraction of sp³-hybridized carbons (Fsp3) is 0.667. The smallest absolute Gasteiger partial charge is 0.153 e. The second kappa shape index (κ2) is 6.67. The predicted octanol–water partition coefficient (Wildman–Crippen LogP) is 1.72. The molecule has 1 atom stereocenters. The van der Waals surface area contributed by atoms with Crippen molar-refractivity contribution in [2.24, 2.45) is 0 Å². The molecule has 4 nitrogen and oxygen atoms in total. The van der Waals surface area contributed by atoms with Crippen molar-refractivity contribution in [2.75, 3.05) is 31.1 Å². The third kappa shape index (κ3) is 4.82. The van der Waals surface area contributed by atoms with Gasteiger partial charge in [-0.15, -0.1) is 11.3 Å². The van der Waals surface area contributed by atoms with E-state index in [1.807, 2.05) is 6.92 Å². The van der Waals surface area contributed by atoms with Gasteiger partial charge in [0.1, 0.15) is 0 Å². The monoisotopic (exact) mass is 366 g/mol. The van der Waals surface area contributed by atoms with Gasteiger partial charge in [-0.1, -0.05) is 0 Å². The van der Waals surface area contributed by atoms with Crippen LogP contribution in [0.2, 0.25) is 0 Å². The number of thiophene rings is 1. The maximum Gasteiger partial charge on any atom is 0.153 e. The number of nitrogens with one attached hydrogen (secondary N) is 1. The van der Waals surface area contributed by atoms with Gasteiger partial charge in [-0.05, 0) is 28.9 Å². The van der Waals surface area contributed by atoms with Crippen molar-refractivity contribution in [3.05, 3.63) is 20.8 Å². The Morgan fingerprint density at radius 1 is 1.58 bits per heavy atom. The van der Waals surface area contributed by atoms with E-state index in [1.165, 1.54) is 4.88 Å². The third-order valence-electron chi connectivity index (χ3n) is 3.30. The van der Waals surface area contributed by atoms with Crippen LogP contribution in [0.25, 0.3) is 0 Å². The minimum absolute atomic E-state index is 0.136. The molecule has 0 aromatic carbocycles. The Bertz CT molecular complexity index is 516. The molecule has 108 valence electrons. The Hall–Kier alpha value is 0.0500. The van der Waals surface area contributed by atoms with Gasteiger partial charge in [-0.25, -0.2) is 8.42 Å². The molecule has 7 heteroatoms. The lowest BCUT2D eigenvalue weighted by atomic mass is 10.3. The van der Waals surface area contributed by atoms with Gasteiger partial charge in [-0.2, -0.15) is 0 Å². The highest BCUT2D eigenvalue weighted by atomic mass is 79.9. The summed E-state index contributed by atoms with van der Waals surface area (Å²) in [6.45, 7) is 5.32. The molecule has 0 radical (unpaired) electrons. The minimum Gasteiger partial charge on any atom is -0.311 e. The molecule has 19 heavy (non-hydrogen) atoms. The molecule has 1 aromatic rings. The van der Waals surface area contributed by atoms with Crippen LogP contribution >= 0.6 is 27.3 Å². The first kappa shape index (κ1) is 15.4. The van der Waals surface area contributed by atoms with Crippen LogP contribution in [0.4, 0.5) is 0 Å². The lowest BCUT2D eigenvalue weighted by Gasteiger charge is -2.33. The number of hydrogen-bond acceptors (Lipinski definition) is 5. The number of nitrogens with zero attached hydrogens (tertiary/aromatic N) is 1. The van der Waals surface area contributed by atoms with E-state index in [4.69, 9.17) is 0 Å². The van der Waals surface area contributed by atoms with Crippen molar-refractivity contribution in [1.29, 1.82) is 0 Å². The second-order valence-corrected chi connectivity index (χ2v) is 9.05. The van der Waals surface area contributed by atoms with E-state index in [0.29, 0.717) is 18.1 Å². The van der Waals surface area contributed by atoms with Gasteiger partial charge in [-0.3, -0.25) is 4.90 Å². The molecule has 1 saturated heterocycles. The zero-order valence-corrected chi connectivity index (χ0v) is 14.2. The fourth-order valence-electron chi connectivity index (χ4n) is 2.25. The zero-order valence-electron chi connectivity index (χ0n) is 10.9.